The van der Waals surface area contributed by atoms with Crippen LogP contribution >= 0.6 is 15.9 Å². The number of amides is 2. The molecular weight excluding hydrogens is 384 g/mol. The summed E-state index contributed by atoms with van der Waals surface area (Å²) in [6.07, 6.45) is 0.941. The van der Waals surface area contributed by atoms with E-state index in [1.54, 1.807) is 36.4 Å². The molecule has 0 fully saturated rings. The fourth-order valence-corrected chi connectivity index (χ4v) is 2.40. The Morgan fingerprint density at radius 3 is 2.32 bits per heavy atom. The van der Waals surface area contributed by atoms with Gasteiger partial charge in [0, 0.05) is 15.6 Å². The minimum atomic E-state index is -0.408. The Bertz CT molecular complexity index is 777. The number of hydrogen-bond donors (Lipinski definition) is 2. The summed E-state index contributed by atoms with van der Waals surface area (Å²) in [5, 5.41) is 0. The molecule has 0 aliphatic carbocycles. The van der Waals surface area contributed by atoms with Crippen LogP contribution in [0, 0.1) is 6.92 Å². The first-order valence-electron chi connectivity index (χ1n) is 8.04. The van der Waals surface area contributed by atoms with E-state index in [0.717, 1.165) is 16.5 Å². The average Bonchev–Trinajstić information content (AvgIpc) is 2.61. The second-order valence-corrected chi connectivity index (χ2v) is 6.59. The summed E-state index contributed by atoms with van der Waals surface area (Å²) in [6, 6.07) is 12.1. The number of hydrazine groups is 1. The first-order chi connectivity index (χ1) is 11.9. The van der Waals surface area contributed by atoms with E-state index >= 15 is 0 Å². The van der Waals surface area contributed by atoms with Crippen LogP contribution in [0.2, 0.25) is 0 Å². The van der Waals surface area contributed by atoms with E-state index in [4.69, 9.17) is 4.74 Å². The molecule has 25 heavy (non-hydrogen) atoms. The van der Waals surface area contributed by atoms with E-state index in [0.29, 0.717) is 16.9 Å². The zero-order valence-electron chi connectivity index (χ0n) is 14.4. The van der Waals surface area contributed by atoms with Gasteiger partial charge in [-0.1, -0.05) is 35.0 Å². The lowest BCUT2D eigenvalue weighted by Crippen LogP contribution is -2.41. The van der Waals surface area contributed by atoms with E-state index in [9.17, 15) is 9.59 Å². The summed E-state index contributed by atoms with van der Waals surface area (Å²) in [7, 11) is 0. The Hall–Kier alpha value is -2.34. The second-order valence-electron chi connectivity index (χ2n) is 5.74. The van der Waals surface area contributed by atoms with Gasteiger partial charge in [-0.05, 0) is 56.2 Å². The number of aryl methyl sites for hydroxylation is 1. The Morgan fingerprint density at radius 2 is 1.72 bits per heavy atom. The monoisotopic (exact) mass is 404 g/mol. The van der Waals surface area contributed by atoms with E-state index in [2.05, 4.69) is 26.8 Å². The number of halogens is 1. The van der Waals surface area contributed by atoms with Crippen LogP contribution in [0.4, 0.5) is 0 Å². The fraction of sp³-hybridized carbons (Fsp3) is 0.263. The van der Waals surface area contributed by atoms with Crippen LogP contribution in [-0.4, -0.2) is 17.9 Å². The molecule has 6 heteroatoms. The molecular formula is C19H21BrN2O3. The predicted octanol–water partition coefficient (Wildman–Crippen LogP) is 4.01. The van der Waals surface area contributed by atoms with Gasteiger partial charge in [-0.2, -0.15) is 0 Å². The van der Waals surface area contributed by atoms with Crippen LogP contribution in [0.3, 0.4) is 0 Å². The number of carbonyl (C=O) groups is 2. The third kappa shape index (κ3) is 5.32. The highest BCUT2D eigenvalue weighted by Gasteiger charge is 2.11. The van der Waals surface area contributed by atoms with Crippen molar-refractivity contribution in [1.82, 2.24) is 10.9 Å². The number of ether oxygens (including phenoxy) is 1. The lowest BCUT2D eigenvalue weighted by atomic mass is 10.1. The van der Waals surface area contributed by atoms with Crippen LogP contribution in [0.5, 0.6) is 5.75 Å². The van der Waals surface area contributed by atoms with Gasteiger partial charge < -0.3 is 4.74 Å². The molecule has 0 aliphatic rings. The van der Waals surface area contributed by atoms with E-state index < -0.39 is 5.91 Å². The Labute approximate surface area is 155 Å². The van der Waals surface area contributed by atoms with Crippen LogP contribution in [0.1, 0.15) is 46.5 Å². The molecule has 2 amide bonds. The van der Waals surface area contributed by atoms with Crippen molar-refractivity contribution < 1.29 is 14.3 Å². The van der Waals surface area contributed by atoms with Crippen molar-refractivity contribution >= 4 is 27.7 Å². The maximum absolute atomic E-state index is 12.2. The van der Waals surface area contributed by atoms with Crippen LogP contribution in [0.15, 0.2) is 46.9 Å². The molecule has 1 atom stereocenters. The quantitative estimate of drug-likeness (QED) is 0.739. The maximum atomic E-state index is 12.2. The number of hydrogen-bond acceptors (Lipinski definition) is 3. The third-order valence-corrected chi connectivity index (χ3v) is 4.59. The van der Waals surface area contributed by atoms with Crippen LogP contribution < -0.4 is 15.6 Å². The number of rotatable bonds is 5. The molecule has 0 saturated heterocycles. The summed E-state index contributed by atoms with van der Waals surface area (Å²) in [4.78, 5) is 24.3. The largest absolute Gasteiger partial charge is 0.491 e. The van der Waals surface area contributed by atoms with Crippen molar-refractivity contribution in [3.8, 4) is 5.75 Å². The zero-order chi connectivity index (χ0) is 18.4. The maximum Gasteiger partial charge on any atom is 0.269 e. The van der Waals surface area contributed by atoms with E-state index in [1.165, 1.54) is 0 Å². The summed E-state index contributed by atoms with van der Waals surface area (Å²) in [6.45, 7) is 5.93. The molecule has 0 bridgehead atoms. The number of benzene rings is 2. The van der Waals surface area contributed by atoms with Gasteiger partial charge in [0.1, 0.15) is 5.75 Å². The molecule has 5 nitrogen and oxygen atoms in total. The normalized spacial score (nSPS) is 11.5. The van der Waals surface area contributed by atoms with Crippen LogP contribution in [-0.2, 0) is 0 Å². The SMILES string of the molecule is CCC(C)Oc1cccc(C(=O)NNC(=O)c2ccc(C)c(Br)c2)c1. The predicted molar refractivity (Wildman–Crippen MR) is 101 cm³/mol. The minimum absolute atomic E-state index is 0.0676. The van der Waals surface area contributed by atoms with Crippen LogP contribution in [0.25, 0.3) is 0 Å². The van der Waals surface area contributed by atoms with Crippen molar-refractivity contribution in [3.63, 3.8) is 0 Å². The summed E-state index contributed by atoms with van der Waals surface area (Å²) in [5.41, 5.74) is 6.72. The molecule has 0 heterocycles. The first-order valence-corrected chi connectivity index (χ1v) is 8.83. The number of nitrogens with one attached hydrogen (secondary N) is 2. The highest BCUT2D eigenvalue weighted by molar-refractivity contribution is 9.10. The average molecular weight is 405 g/mol. The van der Waals surface area contributed by atoms with Crippen molar-refractivity contribution in [1.29, 1.82) is 0 Å². The molecule has 2 aromatic rings. The molecule has 0 radical (unpaired) electrons. The Balaban J connectivity index is 1.98. The van der Waals surface area contributed by atoms with Gasteiger partial charge in [0.25, 0.3) is 11.8 Å². The fourth-order valence-electron chi connectivity index (χ4n) is 2.02. The third-order valence-electron chi connectivity index (χ3n) is 3.73. The summed E-state index contributed by atoms with van der Waals surface area (Å²) >= 11 is 3.38. The second kappa shape index (κ2) is 8.67. The van der Waals surface area contributed by atoms with Gasteiger partial charge in [-0.15, -0.1) is 0 Å². The molecule has 2 aromatic carbocycles. The molecule has 0 aromatic heterocycles. The van der Waals surface area contributed by atoms with E-state index in [1.807, 2.05) is 26.8 Å². The number of carbonyl (C=O) groups excluding carboxylic acids is 2. The highest BCUT2D eigenvalue weighted by Crippen LogP contribution is 2.18. The van der Waals surface area contributed by atoms with Gasteiger partial charge in [0.2, 0.25) is 0 Å². The van der Waals surface area contributed by atoms with Crippen molar-refractivity contribution in [2.45, 2.75) is 33.3 Å². The smallest absolute Gasteiger partial charge is 0.269 e. The van der Waals surface area contributed by atoms with Gasteiger partial charge >= 0.3 is 0 Å². The lowest BCUT2D eigenvalue weighted by Gasteiger charge is -2.13. The molecule has 0 aliphatic heterocycles. The zero-order valence-corrected chi connectivity index (χ0v) is 16.0. The topological polar surface area (TPSA) is 67.4 Å². The van der Waals surface area contributed by atoms with Crippen molar-refractivity contribution in [3.05, 3.63) is 63.6 Å². The summed E-state index contributed by atoms with van der Waals surface area (Å²) in [5.74, 6) is -0.175. The van der Waals surface area contributed by atoms with E-state index in [-0.39, 0.29) is 12.0 Å². The standard InChI is InChI=1S/C19H21BrN2O3/c1-4-13(3)25-16-7-5-6-14(10-16)18(23)21-22-19(24)15-9-8-12(2)17(20)11-15/h5-11,13H,4H2,1-3H3,(H,21,23)(H,22,24). The molecule has 0 saturated carbocycles. The Morgan fingerprint density at radius 1 is 1.08 bits per heavy atom. The highest BCUT2D eigenvalue weighted by atomic mass is 79.9. The Kier molecular flexibility index (Phi) is 6.58. The summed E-state index contributed by atoms with van der Waals surface area (Å²) < 4.78 is 6.54. The molecule has 1 unspecified atom stereocenters. The lowest BCUT2D eigenvalue weighted by molar-refractivity contribution is 0.0846. The molecule has 0 spiro atoms. The van der Waals surface area contributed by atoms with Gasteiger partial charge in [0.15, 0.2) is 0 Å². The molecule has 132 valence electrons. The molecule has 2 N–H and O–H groups in total. The first kappa shape index (κ1) is 19.0. The van der Waals surface area contributed by atoms with Crippen molar-refractivity contribution in [2.75, 3.05) is 0 Å². The van der Waals surface area contributed by atoms with Crippen molar-refractivity contribution in [2.24, 2.45) is 0 Å². The minimum Gasteiger partial charge on any atom is -0.491 e. The molecule has 2 rings (SSSR count). The van der Waals surface area contributed by atoms with Gasteiger partial charge in [0.05, 0.1) is 6.10 Å². The van der Waals surface area contributed by atoms with Gasteiger partial charge in [-0.25, -0.2) is 0 Å². The van der Waals surface area contributed by atoms with Gasteiger partial charge in [-0.3, -0.25) is 20.4 Å².